The number of H-pyrrole nitrogens is 1. The predicted octanol–water partition coefficient (Wildman–Crippen LogP) is 5.89. The van der Waals surface area contributed by atoms with E-state index >= 15 is 0 Å². The number of ether oxygens (including phenoxy) is 2. The van der Waals surface area contributed by atoms with Crippen LogP contribution in [0, 0.1) is 17.1 Å². The van der Waals surface area contributed by atoms with Crippen LogP contribution in [0.5, 0.6) is 11.5 Å². The summed E-state index contributed by atoms with van der Waals surface area (Å²) in [5, 5.41) is 13.6. The van der Waals surface area contributed by atoms with Crippen molar-refractivity contribution in [3.8, 4) is 17.6 Å². The summed E-state index contributed by atoms with van der Waals surface area (Å²) >= 11 is 0. The van der Waals surface area contributed by atoms with Gasteiger partial charge >= 0.3 is 0 Å². The van der Waals surface area contributed by atoms with E-state index in [1.54, 1.807) is 36.4 Å². The van der Waals surface area contributed by atoms with Gasteiger partial charge in [0.2, 0.25) is 0 Å². The molecule has 0 unspecified atom stereocenters. The normalized spacial score (nSPS) is 11.1. The van der Waals surface area contributed by atoms with Crippen molar-refractivity contribution in [2.24, 2.45) is 0 Å². The van der Waals surface area contributed by atoms with Gasteiger partial charge in [0.25, 0.3) is 5.91 Å². The van der Waals surface area contributed by atoms with E-state index in [1.807, 2.05) is 36.5 Å². The van der Waals surface area contributed by atoms with Crippen LogP contribution in [0.2, 0.25) is 0 Å². The molecule has 0 aliphatic carbocycles. The van der Waals surface area contributed by atoms with Gasteiger partial charge in [-0.1, -0.05) is 42.5 Å². The highest BCUT2D eigenvalue weighted by atomic mass is 19.1. The maximum absolute atomic E-state index is 14.1. The summed E-state index contributed by atoms with van der Waals surface area (Å²) in [4.78, 5) is 16.0. The number of amides is 1. The molecular formula is C31H28FN3O3. The van der Waals surface area contributed by atoms with Crippen molar-refractivity contribution in [2.75, 3.05) is 13.7 Å². The van der Waals surface area contributed by atoms with Gasteiger partial charge in [-0.3, -0.25) is 4.79 Å². The zero-order chi connectivity index (χ0) is 26.9. The number of aromatic amines is 1. The molecule has 0 saturated heterocycles. The van der Waals surface area contributed by atoms with Crippen molar-refractivity contribution in [3.05, 3.63) is 113 Å². The summed E-state index contributed by atoms with van der Waals surface area (Å²) in [6, 6.07) is 19.8. The van der Waals surface area contributed by atoms with E-state index in [2.05, 4.69) is 16.9 Å². The molecule has 1 aromatic heterocycles. The largest absolute Gasteiger partial charge is 0.493 e. The first-order valence-corrected chi connectivity index (χ1v) is 12.2. The Morgan fingerprint density at radius 2 is 1.92 bits per heavy atom. The first kappa shape index (κ1) is 26.2. The molecule has 0 bridgehead atoms. The van der Waals surface area contributed by atoms with Crippen molar-refractivity contribution in [3.63, 3.8) is 0 Å². The quantitative estimate of drug-likeness (QED) is 0.150. The van der Waals surface area contributed by atoms with Crippen LogP contribution in [-0.4, -0.2) is 24.5 Å². The highest BCUT2D eigenvalue weighted by Gasteiger charge is 2.16. The van der Waals surface area contributed by atoms with Gasteiger partial charge < -0.3 is 19.8 Å². The summed E-state index contributed by atoms with van der Waals surface area (Å²) in [5.74, 6) is 0.0422. The Labute approximate surface area is 221 Å². The lowest BCUT2D eigenvalue weighted by atomic mass is 10.0. The van der Waals surface area contributed by atoms with Crippen molar-refractivity contribution >= 4 is 22.9 Å². The van der Waals surface area contributed by atoms with Gasteiger partial charge in [0.05, 0.1) is 7.11 Å². The number of halogens is 1. The first-order valence-electron chi connectivity index (χ1n) is 12.2. The fourth-order valence-corrected chi connectivity index (χ4v) is 4.21. The van der Waals surface area contributed by atoms with Gasteiger partial charge in [0.15, 0.2) is 11.5 Å². The summed E-state index contributed by atoms with van der Waals surface area (Å²) in [6.45, 7) is 4.20. The van der Waals surface area contributed by atoms with Gasteiger partial charge in [0, 0.05) is 34.8 Å². The van der Waals surface area contributed by atoms with E-state index in [-0.39, 0.29) is 18.0 Å². The molecule has 4 rings (SSSR count). The molecule has 4 aromatic rings. The van der Waals surface area contributed by atoms with Crippen LogP contribution >= 0.6 is 0 Å². The predicted molar refractivity (Wildman–Crippen MR) is 146 cm³/mol. The molecule has 0 radical (unpaired) electrons. The maximum Gasteiger partial charge on any atom is 0.261 e. The molecule has 0 fully saturated rings. The standard InChI is InChI=1S/C31H28FN3O3/c1-3-8-22-15-21(17-29(37-2)30(22)38-20-24-9-4-6-11-27(24)32)16-25(18-33)31(36)34-14-13-23-19-35-28-12-7-5-10-26(23)28/h3-7,9-12,15-17,19,35H,1,8,13-14,20H2,2H3,(H,34,36)/b25-16-. The van der Waals surface area contributed by atoms with Gasteiger partial charge in [-0.25, -0.2) is 4.39 Å². The van der Waals surface area contributed by atoms with Crippen molar-refractivity contribution in [1.29, 1.82) is 5.26 Å². The summed E-state index contributed by atoms with van der Waals surface area (Å²) in [7, 11) is 1.50. The fraction of sp³-hybridized carbons (Fsp3) is 0.161. The van der Waals surface area contributed by atoms with Crippen molar-refractivity contribution in [2.45, 2.75) is 19.4 Å². The molecule has 0 saturated carbocycles. The Bertz CT molecular complexity index is 1530. The van der Waals surface area contributed by atoms with E-state index < -0.39 is 5.91 Å². The first-order chi connectivity index (χ1) is 18.5. The van der Waals surface area contributed by atoms with Gasteiger partial charge in [-0.05, 0) is 54.3 Å². The number of methoxy groups -OCH3 is 1. The van der Waals surface area contributed by atoms with Gasteiger partial charge in [-0.2, -0.15) is 5.26 Å². The molecule has 6 nitrogen and oxygen atoms in total. The van der Waals surface area contributed by atoms with Crippen LogP contribution in [0.25, 0.3) is 17.0 Å². The number of allylic oxidation sites excluding steroid dienone is 1. The van der Waals surface area contributed by atoms with E-state index in [9.17, 15) is 14.4 Å². The average molecular weight is 510 g/mol. The zero-order valence-corrected chi connectivity index (χ0v) is 21.1. The second kappa shape index (κ2) is 12.4. The maximum atomic E-state index is 14.1. The summed E-state index contributed by atoms with van der Waals surface area (Å²) in [6.07, 6.45) is 6.22. The highest BCUT2D eigenvalue weighted by molar-refractivity contribution is 6.01. The van der Waals surface area contributed by atoms with Crippen LogP contribution in [0.1, 0.15) is 22.3 Å². The lowest BCUT2D eigenvalue weighted by molar-refractivity contribution is -0.117. The molecule has 7 heteroatoms. The molecule has 1 heterocycles. The number of nitriles is 1. The lowest BCUT2D eigenvalue weighted by Crippen LogP contribution is -2.26. The Kier molecular flexibility index (Phi) is 8.57. The Hall–Kier alpha value is -4.83. The third kappa shape index (κ3) is 6.11. The second-order valence-electron chi connectivity index (χ2n) is 8.62. The summed E-state index contributed by atoms with van der Waals surface area (Å²) < 4.78 is 25.6. The van der Waals surface area contributed by atoms with Crippen LogP contribution in [0.3, 0.4) is 0 Å². The van der Waals surface area contributed by atoms with Crippen LogP contribution in [0.15, 0.2) is 85.1 Å². The average Bonchev–Trinajstić information content (AvgIpc) is 3.34. The number of aromatic nitrogens is 1. The Balaban J connectivity index is 1.50. The second-order valence-corrected chi connectivity index (χ2v) is 8.62. The molecular weight excluding hydrogens is 481 g/mol. The number of carbonyl (C=O) groups excluding carboxylic acids is 1. The Morgan fingerprint density at radius 3 is 2.68 bits per heavy atom. The molecule has 192 valence electrons. The third-order valence-electron chi connectivity index (χ3n) is 6.10. The van der Waals surface area contributed by atoms with E-state index in [1.165, 1.54) is 19.3 Å². The highest BCUT2D eigenvalue weighted by Crippen LogP contribution is 2.35. The number of nitrogens with one attached hydrogen (secondary N) is 2. The number of rotatable bonds is 11. The number of fused-ring (bicyclic) bond motifs is 1. The van der Waals surface area contributed by atoms with E-state index in [0.29, 0.717) is 42.0 Å². The molecule has 2 N–H and O–H groups in total. The molecule has 0 aliphatic heterocycles. The minimum Gasteiger partial charge on any atom is -0.493 e. The summed E-state index contributed by atoms with van der Waals surface area (Å²) in [5.41, 5.74) is 3.85. The molecule has 0 spiro atoms. The number of carbonyl (C=O) groups is 1. The number of nitrogens with zero attached hydrogens (tertiary/aromatic N) is 1. The van der Waals surface area contributed by atoms with Crippen LogP contribution < -0.4 is 14.8 Å². The molecule has 1 amide bonds. The molecule has 0 aliphatic rings. The van der Waals surface area contributed by atoms with E-state index in [4.69, 9.17) is 9.47 Å². The Morgan fingerprint density at radius 1 is 1.13 bits per heavy atom. The minimum atomic E-state index is -0.462. The minimum absolute atomic E-state index is 0.0185. The third-order valence-corrected chi connectivity index (χ3v) is 6.10. The van der Waals surface area contributed by atoms with Crippen molar-refractivity contribution in [1.82, 2.24) is 10.3 Å². The smallest absolute Gasteiger partial charge is 0.261 e. The van der Waals surface area contributed by atoms with Crippen LogP contribution in [-0.2, 0) is 24.2 Å². The van der Waals surface area contributed by atoms with Crippen molar-refractivity contribution < 1.29 is 18.7 Å². The number of benzene rings is 3. The monoisotopic (exact) mass is 509 g/mol. The van der Waals surface area contributed by atoms with E-state index in [0.717, 1.165) is 22.0 Å². The molecule has 0 atom stereocenters. The molecule has 3 aromatic carbocycles. The number of hydrogen-bond donors (Lipinski definition) is 2. The topological polar surface area (TPSA) is 87.1 Å². The molecule has 38 heavy (non-hydrogen) atoms. The van der Waals surface area contributed by atoms with Gasteiger partial charge in [0.1, 0.15) is 24.1 Å². The number of hydrogen-bond acceptors (Lipinski definition) is 4. The number of para-hydroxylation sites is 1. The SMILES string of the molecule is C=CCc1cc(/C=C(/C#N)C(=O)NCCc2c[nH]c3ccccc23)cc(OC)c1OCc1ccccc1F. The zero-order valence-electron chi connectivity index (χ0n) is 21.1. The fourth-order valence-electron chi connectivity index (χ4n) is 4.21. The van der Waals surface area contributed by atoms with Gasteiger partial charge in [-0.15, -0.1) is 6.58 Å². The lowest BCUT2D eigenvalue weighted by Gasteiger charge is -2.16. The van der Waals surface area contributed by atoms with Crippen LogP contribution in [0.4, 0.5) is 4.39 Å².